The average Bonchev–Trinajstić information content (AvgIpc) is 2.87. The highest BCUT2D eigenvalue weighted by molar-refractivity contribution is 7.12. The summed E-state index contributed by atoms with van der Waals surface area (Å²) in [6.07, 6.45) is 1.82. The molecule has 74 valence electrons. The number of hydroxylamine groups is 1. The second kappa shape index (κ2) is 3.81. The van der Waals surface area contributed by atoms with Gasteiger partial charge in [-0.15, -0.1) is 11.3 Å². The fourth-order valence-corrected chi connectivity index (χ4v) is 1.86. The van der Waals surface area contributed by atoms with E-state index in [1.807, 2.05) is 17.5 Å². The van der Waals surface area contributed by atoms with Crippen LogP contribution in [0.3, 0.4) is 0 Å². The zero-order valence-electron chi connectivity index (χ0n) is 7.69. The summed E-state index contributed by atoms with van der Waals surface area (Å²) in [5.74, 6) is 0.512. The van der Waals surface area contributed by atoms with Crippen LogP contribution in [0.1, 0.15) is 9.67 Å². The predicted molar refractivity (Wildman–Crippen MR) is 53.6 cm³/mol. The number of carbonyl (C=O) groups is 1. The normalized spacial score (nSPS) is 14.8. The summed E-state index contributed by atoms with van der Waals surface area (Å²) in [7, 11) is 1.70. The van der Waals surface area contributed by atoms with E-state index in [1.165, 1.54) is 16.2 Å². The molecule has 0 aromatic carbocycles. The molecule has 2 heterocycles. The fourth-order valence-electron chi connectivity index (χ4n) is 1.16. The van der Waals surface area contributed by atoms with Gasteiger partial charge < -0.3 is 4.84 Å². The van der Waals surface area contributed by atoms with E-state index in [2.05, 4.69) is 5.48 Å². The van der Waals surface area contributed by atoms with Gasteiger partial charge in [0.15, 0.2) is 0 Å². The molecule has 4 nitrogen and oxygen atoms in total. The van der Waals surface area contributed by atoms with Gasteiger partial charge >= 0.3 is 0 Å². The van der Waals surface area contributed by atoms with Gasteiger partial charge in [-0.25, -0.2) is 0 Å². The Kier molecular flexibility index (Phi) is 2.51. The quantitative estimate of drug-likeness (QED) is 0.797. The first-order valence-corrected chi connectivity index (χ1v) is 5.08. The molecule has 1 amide bonds. The highest BCUT2D eigenvalue weighted by Crippen LogP contribution is 2.15. The number of nitrogens with one attached hydrogen (secondary N) is 1. The van der Waals surface area contributed by atoms with E-state index < -0.39 is 0 Å². The van der Waals surface area contributed by atoms with Gasteiger partial charge in [-0.3, -0.25) is 9.69 Å². The standard InChI is InChI=1S/C9H10N2O2S/c1-11(8-4-5-10-13-8)9(12)7-3-2-6-14-7/h2-4,6,10H,5H2,1H3. The summed E-state index contributed by atoms with van der Waals surface area (Å²) in [5.41, 5.74) is 2.67. The van der Waals surface area contributed by atoms with Crippen LogP contribution in [0, 0.1) is 0 Å². The summed E-state index contributed by atoms with van der Waals surface area (Å²) in [6.45, 7) is 0.636. The molecule has 0 fully saturated rings. The summed E-state index contributed by atoms with van der Waals surface area (Å²) >= 11 is 1.42. The third kappa shape index (κ3) is 1.64. The van der Waals surface area contributed by atoms with Gasteiger partial charge in [0.1, 0.15) is 0 Å². The Morgan fingerprint density at radius 3 is 3.14 bits per heavy atom. The lowest BCUT2D eigenvalue weighted by molar-refractivity contribution is 0.0559. The summed E-state index contributed by atoms with van der Waals surface area (Å²) in [4.78, 5) is 19.0. The van der Waals surface area contributed by atoms with Crippen LogP contribution in [0.4, 0.5) is 0 Å². The van der Waals surface area contributed by atoms with E-state index in [4.69, 9.17) is 4.84 Å². The molecule has 0 saturated carbocycles. The monoisotopic (exact) mass is 210 g/mol. The molecule has 0 saturated heterocycles. The van der Waals surface area contributed by atoms with Gasteiger partial charge in [0.25, 0.3) is 5.91 Å². The highest BCUT2D eigenvalue weighted by atomic mass is 32.1. The van der Waals surface area contributed by atoms with Crippen molar-refractivity contribution in [3.63, 3.8) is 0 Å². The Morgan fingerprint density at radius 2 is 2.57 bits per heavy atom. The van der Waals surface area contributed by atoms with Crippen LogP contribution in [-0.2, 0) is 4.84 Å². The number of rotatable bonds is 2. The molecule has 0 atom stereocenters. The van der Waals surface area contributed by atoms with E-state index in [0.29, 0.717) is 17.3 Å². The molecule has 1 aromatic heterocycles. The van der Waals surface area contributed by atoms with Gasteiger partial charge in [-0.1, -0.05) is 6.07 Å². The zero-order valence-corrected chi connectivity index (χ0v) is 8.50. The largest absolute Gasteiger partial charge is 0.390 e. The third-order valence-electron chi connectivity index (χ3n) is 1.90. The van der Waals surface area contributed by atoms with Gasteiger partial charge in [-0.05, 0) is 17.5 Å². The lowest BCUT2D eigenvalue weighted by atomic mass is 10.4. The second-order valence-electron chi connectivity index (χ2n) is 2.83. The van der Waals surface area contributed by atoms with E-state index in [9.17, 15) is 4.79 Å². The van der Waals surface area contributed by atoms with Crippen LogP contribution >= 0.6 is 11.3 Å². The molecule has 1 aliphatic rings. The van der Waals surface area contributed by atoms with Crippen LogP contribution in [0.15, 0.2) is 29.5 Å². The smallest absolute Gasteiger partial charge is 0.270 e. The molecule has 0 unspecified atom stereocenters. The Hall–Kier alpha value is -1.33. The first-order valence-electron chi connectivity index (χ1n) is 4.20. The molecule has 1 N–H and O–H groups in total. The maximum atomic E-state index is 11.8. The van der Waals surface area contributed by atoms with Crippen molar-refractivity contribution in [1.29, 1.82) is 0 Å². The van der Waals surface area contributed by atoms with Crippen molar-refractivity contribution in [3.8, 4) is 0 Å². The van der Waals surface area contributed by atoms with Crippen molar-refractivity contribution >= 4 is 17.2 Å². The molecular formula is C9H10N2O2S. The van der Waals surface area contributed by atoms with Crippen molar-refractivity contribution in [3.05, 3.63) is 34.3 Å². The maximum absolute atomic E-state index is 11.8. The van der Waals surface area contributed by atoms with Crippen molar-refractivity contribution in [1.82, 2.24) is 10.4 Å². The van der Waals surface area contributed by atoms with E-state index in [0.717, 1.165) is 0 Å². The minimum absolute atomic E-state index is 0.0463. The lowest BCUT2D eigenvalue weighted by Gasteiger charge is -2.15. The van der Waals surface area contributed by atoms with Crippen molar-refractivity contribution in [2.24, 2.45) is 0 Å². The maximum Gasteiger partial charge on any atom is 0.270 e. The van der Waals surface area contributed by atoms with Crippen LogP contribution in [0.25, 0.3) is 0 Å². The molecule has 2 rings (SSSR count). The average molecular weight is 210 g/mol. The summed E-state index contributed by atoms with van der Waals surface area (Å²) in [6, 6.07) is 3.65. The van der Waals surface area contributed by atoms with Crippen LogP contribution in [-0.4, -0.2) is 24.4 Å². The Morgan fingerprint density at radius 1 is 1.71 bits per heavy atom. The number of hydrogen-bond acceptors (Lipinski definition) is 4. The van der Waals surface area contributed by atoms with Crippen LogP contribution in [0.2, 0.25) is 0 Å². The molecular weight excluding hydrogens is 200 g/mol. The minimum atomic E-state index is -0.0463. The molecule has 0 aliphatic carbocycles. The molecule has 0 spiro atoms. The van der Waals surface area contributed by atoms with Gasteiger partial charge in [0.2, 0.25) is 5.88 Å². The van der Waals surface area contributed by atoms with Gasteiger partial charge in [0, 0.05) is 7.05 Å². The van der Waals surface area contributed by atoms with Crippen molar-refractivity contribution in [2.75, 3.05) is 13.6 Å². The third-order valence-corrected chi connectivity index (χ3v) is 2.76. The Bertz CT molecular complexity index is 359. The number of hydrogen-bond donors (Lipinski definition) is 1. The fraction of sp³-hybridized carbons (Fsp3) is 0.222. The molecule has 0 radical (unpaired) electrons. The molecule has 0 bridgehead atoms. The van der Waals surface area contributed by atoms with Crippen molar-refractivity contribution in [2.45, 2.75) is 0 Å². The zero-order chi connectivity index (χ0) is 9.97. The van der Waals surface area contributed by atoms with E-state index in [1.54, 1.807) is 13.1 Å². The molecule has 1 aromatic rings. The Labute approximate surface area is 85.7 Å². The number of thiophene rings is 1. The number of nitrogens with zero attached hydrogens (tertiary/aromatic N) is 1. The highest BCUT2D eigenvalue weighted by Gasteiger charge is 2.19. The number of amides is 1. The number of carbonyl (C=O) groups excluding carboxylic acids is 1. The second-order valence-corrected chi connectivity index (χ2v) is 3.78. The van der Waals surface area contributed by atoms with Crippen molar-refractivity contribution < 1.29 is 9.63 Å². The lowest BCUT2D eigenvalue weighted by Crippen LogP contribution is -2.26. The first-order chi connectivity index (χ1) is 6.79. The van der Waals surface area contributed by atoms with Crippen LogP contribution in [0.5, 0.6) is 0 Å². The molecule has 14 heavy (non-hydrogen) atoms. The van der Waals surface area contributed by atoms with E-state index >= 15 is 0 Å². The first kappa shape index (κ1) is 9.23. The Balaban J connectivity index is 2.12. The predicted octanol–water partition coefficient (Wildman–Crippen LogP) is 1.20. The topological polar surface area (TPSA) is 41.6 Å². The van der Waals surface area contributed by atoms with Gasteiger partial charge in [0.05, 0.1) is 11.4 Å². The summed E-state index contributed by atoms with van der Waals surface area (Å²) in [5, 5.41) is 1.88. The summed E-state index contributed by atoms with van der Waals surface area (Å²) < 4.78 is 0. The van der Waals surface area contributed by atoms with Crippen LogP contribution < -0.4 is 5.48 Å². The van der Waals surface area contributed by atoms with E-state index in [-0.39, 0.29) is 5.91 Å². The molecule has 5 heteroatoms. The SMILES string of the molecule is CN(C(=O)c1cccs1)C1=CCNO1. The molecule has 1 aliphatic heterocycles. The van der Waals surface area contributed by atoms with Gasteiger partial charge in [-0.2, -0.15) is 5.48 Å². The minimum Gasteiger partial charge on any atom is -0.390 e.